The van der Waals surface area contributed by atoms with Gasteiger partial charge < -0.3 is 29.4 Å². The number of hydrogen-bond donors (Lipinski definition) is 2. The minimum atomic E-state index is -3.26. The zero-order chi connectivity index (χ0) is 21.9. The number of pyridine rings is 1. The van der Waals surface area contributed by atoms with Crippen LogP contribution in [0.4, 0.5) is 18.9 Å². The highest BCUT2D eigenvalue weighted by atomic mass is 19.3. The molecule has 3 aliphatic rings. The van der Waals surface area contributed by atoms with E-state index in [4.69, 9.17) is 9.47 Å². The molecule has 0 radical (unpaired) electrons. The highest BCUT2D eigenvalue weighted by molar-refractivity contribution is 5.97. The van der Waals surface area contributed by atoms with Crippen molar-refractivity contribution in [2.75, 3.05) is 31.1 Å². The standard InChI is InChI=1S/C20H20F3N3O5/c21-12-5-10-15(26(9-1-2-9)6-11(17(10)27)19(28)29)18(31-20(22)23)16(12)25-7-13-14(8-25)30-4-3-24-13/h5-6,9,13-14,20,24H,1-4,7-8H2,(H,28,29). The lowest BCUT2D eigenvalue weighted by atomic mass is 10.1. The van der Waals surface area contributed by atoms with Gasteiger partial charge in [0.2, 0.25) is 5.43 Å². The number of aromatic carboxylic acids is 1. The number of aromatic nitrogens is 1. The number of benzene rings is 1. The van der Waals surface area contributed by atoms with Gasteiger partial charge in [0.1, 0.15) is 11.3 Å². The summed E-state index contributed by atoms with van der Waals surface area (Å²) in [4.78, 5) is 25.9. The predicted octanol–water partition coefficient (Wildman–Crippen LogP) is 1.95. The molecule has 2 saturated heterocycles. The Bertz CT molecular complexity index is 1100. The molecular formula is C20H20F3N3O5. The van der Waals surface area contributed by atoms with Crippen LogP contribution in [0.5, 0.6) is 5.75 Å². The fraction of sp³-hybridized carbons (Fsp3) is 0.500. The Balaban J connectivity index is 1.75. The van der Waals surface area contributed by atoms with E-state index in [-0.39, 0.29) is 41.3 Å². The van der Waals surface area contributed by atoms with E-state index >= 15 is 4.39 Å². The number of carbonyl (C=O) groups is 1. The number of morpholine rings is 1. The Kier molecular flexibility index (Phi) is 4.82. The van der Waals surface area contributed by atoms with Gasteiger partial charge in [0.05, 0.1) is 29.7 Å². The average molecular weight is 439 g/mol. The van der Waals surface area contributed by atoms with Crippen molar-refractivity contribution in [3.05, 3.63) is 33.9 Å². The molecule has 0 bridgehead atoms. The van der Waals surface area contributed by atoms with E-state index in [1.54, 1.807) is 4.90 Å². The van der Waals surface area contributed by atoms with Crippen molar-refractivity contribution in [3.8, 4) is 5.75 Å². The van der Waals surface area contributed by atoms with Crippen LogP contribution in [0.25, 0.3) is 10.9 Å². The van der Waals surface area contributed by atoms with Crippen molar-refractivity contribution in [1.29, 1.82) is 0 Å². The van der Waals surface area contributed by atoms with E-state index < -0.39 is 35.1 Å². The number of fused-ring (bicyclic) bond motifs is 2. The van der Waals surface area contributed by atoms with E-state index in [2.05, 4.69) is 5.32 Å². The number of carboxylic acid groups (broad SMARTS) is 1. The van der Waals surface area contributed by atoms with Gasteiger partial charge in [-0.05, 0) is 18.9 Å². The van der Waals surface area contributed by atoms with Crippen LogP contribution < -0.4 is 20.4 Å². The lowest BCUT2D eigenvalue weighted by Crippen LogP contribution is -2.47. The molecule has 1 aromatic carbocycles. The van der Waals surface area contributed by atoms with Gasteiger partial charge in [0.25, 0.3) is 0 Å². The third-order valence-electron chi connectivity index (χ3n) is 6.00. The van der Waals surface area contributed by atoms with Crippen LogP contribution in [0.15, 0.2) is 17.1 Å². The molecule has 3 heterocycles. The summed E-state index contributed by atoms with van der Waals surface area (Å²) in [5, 5.41) is 12.4. The van der Waals surface area contributed by atoms with Crippen molar-refractivity contribution in [2.45, 2.75) is 37.6 Å². The molecule has 0 amide bonds. The molecule has 1 aliphatic carbocycles. The molecule has 11 heteroatoms. The fourth-order valence-electron chi connectivity index (χ4n) is 4.51. The van der Waals surface area contributed by atoms with Crippen LogP contribution in [-0.4, -0.2) is 60.6 Å². The molecule has 8 nitrogen and oxygen atoms in total. The third kappa shape index (κ3) is 3.41. The highest BCUT2D eigenvalue weighted by Gasteiger charge is 2.39. The molecule has 2 aromatic rings. The maximum absolute atomic E-state index is 15.3. The van der Waals surface area contributed by atoms with Crippen LogP contribution in [0.2, 0.25) is 0 Å². The van der Waals surface area contributed by atoms with Gasteiger partial charge in [-0.2, -0.15) is 8.78 Å². The SMILES string of the molecule is O=C(O)c1cn(C2CC2)c2c(OC(F)F)c(N3CC4NCCOC4C3)c(F)cc2c1=O. The summed E-state index contributed by atoms with van der Waals surface area (Å²) in [5.74, 6) is -2.85. The summed E-state index contributed by atoms with van der Waals surface area (Å²) in [5.41, 5.74) is -1.68. The maximum Gasteiger partial charge on any atom is 0.387 e. The van der Waals surface area contributed by atoms with E-state index in [0.717, 1.165) is 12.3 Å². The number of alkyl halides is 2. The van der Waals surface area contributed by atoms with Gasteiger partial charge >= 0.3 is 12.6 Å². The van der Waals surface area contributed by atoms with Crippen molar-refractivity contribution in [1.82, 2.24) is 9.88 Å². The monoisotopic (exact) mass is 439 g/mol. The summed E-state index contributed by atoms with van der Waals surface area (Å²) in [6.07, 6.45) is 2.27. The zero-order valence-corrected chi connectivity index (χ0v) is 16.3. The van der Waals surface area contributed by atoms with Crippen LogP contribution in [0.1, 0.15) is 29.2 Å². The summed E-state index contributed by atoms with van der Waals surface area (Å²) >= 11 is 0. The van der Waals surface area contributed by atoms with Crippen molar-refractivity contribution >= 4 is 22.6 Å². The Hall–Kier alpha value is -2.79. The van der Waals surface area contributed by atoms with Crippen molar-refractivity contribution in [2.24, 2.45) is 0 Å². The van der Waals surface area contributed by atoms with Gasteiger partial charge in [-0.15, -0.1) is 0 Å². The zero-order valence-electron chi connectivity index (χ0n) is 16.3. The molecule has 31 heavy (non-hydrogen) atoms. The molecule has 0 spiro atoms. The summed E-state index contributed by atoms with van der Waals surface area (Å²) < 4.78 is 54.1. The average Bonchev–Trinajstić information content (AvgIpc) is 3.46. The van der Waals surface area contributed by atoms with E-state index in [9.17, 15) is 23.5 Å². The van der Waals surface area contributed by atoms with Gasteiger partial charge in [0, 0.05) is 31.9 Å². The van der Waals surface area contributed by atoms with E-state index in [1.807, 2.05) is 0 Å². The predicted molar refractivity (Wildman–Crippen MR) is 104 cm³/mol. The first-order valence-corrected chi connectivity index (χ1v) is 10.0. The Morgan fingerprint density at radius 2 is 2.10 bits per heavy atom. The van der Waals surface area contributed by atoms with Gasteiger partial charge in [0.15, 0.2) is 11.6 Å². The third-order valence-corrected chi connectivity index (χ3v) is 6.00. The molecule has 2 aliphatic heterocycles. The number of rotatable bonds is 5. The second-order valence-electron chi connectivity index (χ2n) is 8.00. The van der Waals surface area contributed by atoms with Gasteiger partial charge in [-0.3, -0.25) is 4.79 Å². The molecule has 1 aromatic heterocycles. The number of carboxylic acids is 1. The molecule has 1 saturated carbocycles. The molecule has 166 valence electrons. The minimum absolute atomic E-state index is 0.0158. The summed E-state index contributed by atoms with van der Waals surface area (Å²) in [6.45, 7) is -1.55. The second-order valence-corrected chi connectivity index (χ2v) is 8.00. The van der Waals surface area contributed by atoms with Crippen molar-refractivity contribution in [3.63, 3.8) is 0 Å². The largest absolute Gasteiger partial charge is 0.477 e. The highest BCUT2D eigenvalue weighted by Crippen LogP contribution is 2.45. The first-order chi connectivity index (χ1) is 14.8. The number of nitrogens with zero attached hydrogens (tertiary/aromatic N) is 2. The second kappa shape index (κ2) is 7.41. The summed E-state index contributed by atoms with van der Waals surface area (Å²) in [7, 11) is 0. The Morgan fingerprint density at radius 1 is 1.32 bits per heavy atom. The molecule has 2 N–H and O–H groups in total. The van der Waals surface area contributed by atoms with Gasteiger partial charge in [-0.25, -0.2) is 9.18 Å². The first-order valence-electron chi connectivity index (χ1n) is 10.0. The lowest BCUT2D eigenvalue weighted by molar-refractivity contribution is -0.0488. The normalized spacial score (nSPS) is 23.4. The number of anilines is 1. The molecule has 2 unspecified atom stereocenters. The molecular weight excluding hydrogens is 419 g/mol. The summed E-state index contributed by atoms with van der Waals surface area (Å²) in [6, 6.07) is 0.654. The van der Waals surface area contributed by atoms with E-state index in [1.165, 1.54) is 4.57 Å². The van der Waals surface area contributed by atoms with E-state index in [0.29, 0.717) is 32.5 Å². The van der Waals surface area contributed by atoms with Crippen LogP contribution >= 0.6 is 0 Å². The van der Waals surface area contributed by atoms with Crippen molar-refractivity contribution < 1.29 is 32.5 Å². The number of hydrogen-bond acceptors (Lipinski definition) is 6. The molecule has 5 rings (SSSR count). The first kappa shape index (κ1) is 20.1. The number of ether oxygens (including phenoxy) is 2. The smallest absolute Gasteiger partial charge is 0.387 e. The lowest BCUT2D eigenvalue weighted by Gasteiger charge is -2.25. The number of halogens is 3. The topological polar surface area (TPSA) is 93.0 Å². The quantitative estimate of drug-likeness (QED) is 0.736. The van der Waals surface area contributed by atoms with Crippen LogP contribution in [0.3, 0.4) is 0 Å². The Labute approximate surface area is 174 Å². The minimum Gasteiger partial charge on any atom is -0.477 e. The maximum atomic E-state index is 15.3. The number of nitrogens with one attached hydrogen (secondary N) is 1. The molecule has 3 fully saturated rings. The van der Waals surface area contributed by atoms with Crippen LogP contribution in [-0.2, 0) is 4.74 Å². The fourth-order valence-corrected chi connectivity index (χ4v) is 4.51. The van der Waals surface area contributed by atoms with Gasteiger partial charge in [-0.1, -0.05) is 0 Å². The van der Waals surface area contributed by atoms with Crippen LogP contribution in [0, 0.1) is 5.82 Å². The molecule has 2 atom stereocenters. The Morgan fingerprint density at radius 3 is 2.74 bits per heavy atom.